The predicted molar refractivity (Wildman–Crippen MR) is 71.3 cm³/mol. The number of hydrogen-bond donors (Lipinski definition) is 3. The van der Waals surface area contributed by atoms with Gasteiger partial charge in [-0.2, -0.15) is 0 Å². The molecule has 1 rings (SSSR count). The lowest BCUT2D eigenvalue weighted by Gasteiger charge is -2.26. The van der Waals surface area contributed by atoms with Gasteiger partial charge in [0.1, 0.15) is 11.4 Å². The molecule has 0 saturated heterocycles. The summed E-state index contributed by atoms with van der Waals surface area (Å²) in [6.45, 7) is 3.10. The smallest absolute Gasteiger partial charge is 0.340 e. The van der Waals surface area contributed by atoms with Crippen molar-refractivity contribution in [3.05, 3.63) is 29.6 Å². The van der Waals surface area contributed by atoms with Crippen molar-refractivity contribution in [2.24, 2.45) is 0 Å². The second-order valence-corrected chi connectivity index (χ2v) is 5.07. The number of benzene rings is 1. The Hall–Kier alpha value is -2.15. The Kier molecular flexibility index (Phi) is 4.67. The van der Waals surface area contributed by atoms with Crippen molar-refractivity contribution in [2.75, 3.05) is 18.9 Å². The Morgan fingerprint density at radius 2 is 2.00 bits per heavy atom. The third-order valence-corrected chi connectivity index (χ3v) is 2.44. The average Bonchev–Trinajstić information content (AvgIpc) is 2.25. The van der Waals surface area contributed by atoms with Gasteiger partial charge in [0.25, 0.3) is 0 Å². The van der Waals surface area contributed by atoms with Crippen molar-refractivity contribution in [2.45, 2.75) is 19.4 Å². The van der Waals surface area contributed by atoms with Crippen LogP contribution in [0, 0.1) is 5.82 Å². The number of carbonyl (C=O) groups excluding carboxylic acids is 1. The van der Waals surface area contributed by atoms with E-state index in [1.807, 2.05) is 0 Å². The number of hydrogen-bond acceptors (Lipinski definition) is 3. The third-order valence-electron chi connectivity index (χ3n) is 2.44. The highest BCUT2D eigenvalue weighted by Gasteiger charge is 2.22. The van der Waals surface area contributed by atoms with Gasteiger partial charge in [-0.05, 0) is 26.0 Å². The second kappa shape index (κ2) is 5.87. The number of amides is 2. The Morgan fingerprint density at radius 3 is 2.50 bits per heavy atom. The molecule has 0 aliphatic heterocycles. The number of urea groups is 1. The molecule has 0 aromatic heterocycles. The molecular formula is C13H17FN2O4. The van der Waals surface area contributed by atoms with Gasteiger partial charge in [-0.3, -0.25) is 0 Å². The van der Waals surface area contributed by atoms with Gasteiger partial charge in [0.2, 0.25) is 0 Å². The van der Waals surface area contributed by atoms with Crippen molar-refractivity contribution in [3.8, 4) is 0 Å². The molecule has 20 heavy (non-hydrogen) atoms. The zero-order chi connectivity index (χ0) is 15.5. The molecule has 3 N–H and O–H groups in total. The number of halogens is 1. The maximum atomic E-state index is 13.4. The summed E-state index contributed by atoms with van der Waals surface area (Å²) in [7, 11) is 1.44. The van der Waals surface area contributed by atoms with E-state index in [1.54, 1.807) is 0 Å². The van der Waals surface area contributed by atoms with Crippen molar-refractivity contribution in [1.29, 1.82) is 0 Å². The van der Waals surface area contributed by atoms with Gasteiger partial charge in [0, 0.05) is 7.05 Å². The summed E-state index contributed by atoms with van der Waals surface area (Å²) in [5.41, 5.74) is -1.83. The molecule has 0 atom stereocenters. The van der Waals surface area contributed by atoms with Gasteiger partial charge < -0.3 is 20.4 Å². The summed E-state index contributed by atoms with van der Waals surface area (Å²) in [5.74, 6) is -2.40. The minimum atomic E-state index is -1.47. The van der Waals surface area contributed by atoms with Crippen molar-refractivity contribution < 1.29 is 24.2 Å². The maximum Gasteiger partial charge on any atom is 0.340 e. The second-order valence-electron chi connectivity index (χ2n) is 5.07. The van der Waals surface area contributed by atoms with Crippen LogP contribution in [0.5, 0.6) is 0 Å². The number of carbonyl (C=O) groups is 2. The minimum absolute atomic E-state index is 0.0382. The molecule has 110 valence electrons. The normalized spacial score (nSPS) is 11.1. The summed E-state index contributed by atoms with van der Waals surface area (Å²) < 4.78 is 13.4. The summed E-state index contributed by atoms with van der Waals surface area (Å²) in [4.78, 5) is 24.0. The van der Waals surface area contributed by atoms with Crippen LogP contribution in [0.15, 0.2) is 18.2 Å². The monoisotopic (exact) mass is 284 g/mol. The summed E-state index contributed by atoms with van der Waals surface area (Å²) >= 11 is 0. The van der Waals surface area contributed by atoms with Gasteiger partial charge >= 0.3 is 12.0 Å². The fourth-order valence-electron chi connectivity index (χ4n) is 1.71. The fraction of sp³-hybridized carbons (Fsp3) is 0.385. The molecule has 0 aliphatic carbocycles. The molecule has 7 heteroatoms. The Labute approximate surface area is 115 Å². The van der Waals surface area contributed by atoms with Crippen molar-refractivity contribution >= 4 is 17.7 Å². The van der Waals surface area contributed by atoms with E-state index in [-0.39, 0.29) is 12.2 Å². The highest BCUT2D eigenvalue weighted by atomic mass is 19.1. The third kappa shape index (κ3) is 4.20. The zero-order valence-electron chi connectivity index (χ0n) is 11.5. The van der Waals surface area contributed by atoms with E-state index < -0.39 is 29.0 Å². The number of carboxylic acids is 1. The van der Waals surface area contributed by atoms with Crippen LogP contribution < -0.4 is 5.32 Å². The van der Waals surface area contributed by atoms with Gasteiger partial charge in [0.05, 0.1) is 17.8 Å². The molecule has 0 saturated carbocycles. The first-order valence-corrected chi connectivity index (χ1v) is 5.88. The quantitative estimate of drug-likeness (QED) is 0.786. The van der Waals surface area contributed by atoms with E-state index in [0.717, 1.165) is 6.07 Å². The van der Waals surface area contributed by atoms with Crippen LogP contribution in [0.3, 0.4) is 0 Å². The first-order chi connectivity index (χ1) is 9.11. The van der Waals surface area contributed by atoms with Gasteiger partial charge in [-0.15, -0.1) is 0 Å². The first kappa shape index (κ1) is 15.9. The molecule has 0 fully saturated rings. The lowest BCUT2D eigenvalue weighted by Crippen LogP contribution is -2.41. The van der Waals surface area contributed by atoms with Gasteiger partial charge in [-0.25, -0.2) is 14.0 Å². The van der Waals surface area contributed by atoms with Crippen LogP contribution in [-0.4, -0.2) is 46.3 Å². The van der Waals surface area contributed by atoms with E-state index in [4.69, 9.17) is 5.11 Å². The number of anilines is 1. The summed E-state index contributed by atoms with van der Waals surface area (Å²) in [6.07, 6.45) is 0. The number of likely N-dealkylation sites (N-methyl/N-ethyl adjacent to an activating group) is 1. The molecule has 0 radical (unpaired) electrons. The van der Waals surface area contributed by atoms with Crippen LogP contribution in [0.1, 0.15) is 24.2 Å². The Balaban J connectivity index is 2.91. The largest absolute Gasteiger partial charge is 0.478 e. The molecule has 0 heterocycles. The van der Waals surface area contributed by atoms with E-state index in [9.17, 15) is 19.1 Å². The number of aliphatic hydroxyl groups is 1. The zero-order valence-corrected chi connectivity index (χ0v) is 11.5. The number of nitrogens with zero attached hydrogens (tertiary/aromatic N) is 1. The molecule has 1 aromatic carbocycles. The predicted octanol–water partition coefficient (Wildman–Crippen LogP) is 1.76. The molecular weight excluding hydrogens is 267 g/mol. The first-order valence-electron chi connectivity index (χ1n) is 5.88. The lowest BCUT2D eigenvalue weighted by atomic mass is 10.1. The fourth-order valence-corrected chi connectivity index (χ4v) is 1.71. The average molecular weight is 284 g/mol. The van der Waals surface area contributed by atoms with Crippen LogP contribution in [0.25, 0.3) is 0 Å². The van der Waals surface area contributed by atoms with Gasteiger partial charge in [-0.1, -0.05) is 6.07 Å². The molecule has 6 nitrogen and oxygen atoms in total. The SMILES string of the molecule is CN(CC(C)(C)O)C(=O)Nc1cccc(F)c1C(=O)O. The minimum Gasteiger partial charge on any atom is -0.478 e. The lowest BCUT2D eigenvalue weighted by molar-refractivity contribution is 0.0550. The van der Waals surface area contributed by atoms with E-state index in [1.165, 1.54) is 37.9 Å². The molecule has 2 amide bonds. The van der Waals surface area contributed by atoms with Crippen LogP contribution in [-0.2, 0) is 0 Å². The summed E-state index contributed by atoms with van der Waals surface area (Å²) in [6, 6.07) is 2.95. The Bertz CT molecular complexity index is 526. The van der Waals surface area contributed by atoms with E-state index in [0.29, 0.717) is 0 Å². The van der Waals surface area contributed by atoms with Crippen LogP contribution in [0.2, 0.25) is 0 Å². The van der Waals surface area contributed by atoms with Gasteiger partial charge in [0.15, 0.2) is 0 Å². The van der Waals surface area contributed by atoms with Crippen LogP contribution >= 0.6 is 0 Å². The number of nitrogens with one attached hydrogen (secondary N) is 1. The highest BCUT2D eigenvalue weighted by molar-refractivity contribution is 6.00. The van der Waals surface area contributed by atoms with Crippen molar-refractivity contribution in [3.63, 3.8) is 0 Å². The summed E-state index contributed by atoms with van der Waals surface area (Å²) in [5, 5.41) is 20.9. The number of aromatic carboxylic acids is 1. The standard InChI is InChI=1S/C13H17FN2O4/c1-13(2,20)7-16(3)12(19)15-9-6-4-5-8(14)10(9)11(17)18/h4-6,20H,7H2,1-3H3,(H,15,19)(H,17,18). The van der Waals surface area contributed by atoms with Crippen LogP contribution in [0.4, 0.5) is 14.9 Å². The van der Waals surface area contributed by atoms with Crippen molar-refractivity contribution in [1.82, 2.24) is 4.90 Å². The van der Waals surface area contributed by atoms with E-state index in [2.05, 4.69) is 5.32 Å². The molecule has 1 aromatic rings. The molecule has 0 aliphatic rings. The Morgan fingerprint density at radius 1 is 1.40 bits per heavy atom. The molecule has 0 spiro atoms. The maximum absolute atomic E-state index is 13.4. The topological polar surface area (TPSA) is 89.9 Å². The molecule has 0 bridgehead atoms. The number of carboxylic acid groups (broad SMARTS) is 1. The highest BCUT2D eigenvalue weighted by Crippen LogP contribution is 2.19. The molecule has 0 unspecified atom stereocenters. The number of rotatable bonds is 4. The van der Waals surface area contributed by atoms with E-state index >= 15 is 0 Å².